The molecule has 1 aromatic rings. The molecular formula is C12H24N6O2. The number of nitrogens with one attached hydrogen (secondary N) is 1. The second kappa shape index (κ2) is 6.67. The summed E-state index contributed by atoms with van der Waals surface area (Å²) in [5.41, 5.74) is 1.53. The van der Waals surface area contributed by atoms with E-state index in [1.807, 2.05) is 25.7 Å². The van der Waals surface area contributed by atoms with Crippen LogP contribution >= 0.6 is 0 Å². The Morgan fingerprint density at radius 3 is 2.45 bits per heavy atom. The molecule has 20 heavy (non-hydrogen) atoms. The number of nitrogens with zero attached hydrogens (tertiary/aromatic N) is 4. The maximum Gasteiger partial charge on any atom is 0.323 e. The van der Waals surface area contributed by atoms with Crippen LogP contribution in [0, 0.1) is 0 Å². The second-order valence-electron chi connectivity index (χ2n) is 5.38. The topological polar surface area (TPSA) is 109 Å². The number of likely N-dealkylation sites (N-methyl/N-ethyl adjacent to an activating group) is 1. The van der Waals surface area contributed by atoms with E-state index in [0.717, 1.165) is 0 Å². The van der Waals surface area contributed by atoms with Crippen LogP contribution in [0.2, 0.25) is 0 Å². The normalized spacial score (nSPS) is 11.6. The number of rotatable bonds is 7. The largest absolute Gasteiger partial charge is 0.461 e. The second-order valence-corrected chi connectivity index (χ2v) is 5.38. The van der Waals surface area contributed by atoms with Gasteiger partial charge in [0.05, 0.1) is 11.7 Å². The molecule has 0 aliphatic rings. The minimum absolute atomic E-state index is 0.0553. The van der Waals surface area contributed by atoms with Gasteiger partial charge in [0.1, 0.15) is 0 Å². The van der Waals surface area contributed by atoms with E-state index < -0.39 is 5.60 Å². The third kappa shape index (κ3) is 5.14. The van der Waals surface area contributed by atoms with Gasteiger partial charge in [0.15, 0.2) is 0 Å². The average molecular weight is 284 g/mol. The number of hydrogen-bond donors (Lipinski definition) is 3. The van der Waals surface area contributed by atoms with Crippen molar-refractivity contribution >= 4 is 11.9 Å². The summed E-state index contributed by atoms with van der Waals surface area (Å²) < 4.78 is 5.48. The Hall–Kier alpha value is -1.67. The van der Waals surface area contributed by atoms with Crippen molar-refractivity contribution in [3.05, 3.63) is 0 Å². The predicted molar refractivity (Wildman–Crippen MR) is 77.6 cm³/mol. The zero-order chi connectivity index (χ0) is 15.3. The fourth-order valence-corrected chi connectivity index (χ4v) is 1.61. The van der Waals surface area contributed by atoms with E-state index in [-0.39, 0.29) is 18.1 Å². The van der Waals surface area contributed by atoms with Gasteiger partial charge in [0, 0.05) is 13.1 Å². The van der Waals surface area contributed by atoms with Crippen molar-refractivity contribution in [1.82, 2.24) is 15.0 Å². The van der Waals surface area contributed by atoms with Crippen molar-refractivity contribution in [3.63, 3.8) is 0 Å². The minimum atomic E-state index is -0.863. The summed E-state index contributed by atoms with van der Waals surface area (Å²) in [6.45, 7) is 10.2. The lowest BCUT2D eigenvalue weighted by atomic mass is 10.1. The van der Waals surface area contributed by atoms with Crippen molar-refractivity contribution in [3.8, 4) is 6.01 Å². The van der Waals surface area contributed by atoms with E-state index in [0.29, 0.717) is 19.0 Å². The van der Waals surface area contributed by atoms with Crippen LogP contribution in [-0.2, 0) is 0 Å². The predicted octanol–water partition coefficient (Wildman–Crippen LogP) is 0.542. The zero-order valence-electron chi connectivity index (χ0n) is 12.7. The van der Waals surface area contributed by atoms with Gasteiger partial charge < -0.3 is 14.7 Å². The molecule has 1 rings (SSSR count). The molecule has 0 aromatic carbocycles. The van der Waals surface area contributed by atoms with Crippen LogP contribution in [0.3, 0.4) is 0 Å². The first-order valence-electron chi connectivity index (χ1n) is 6.62. The van der Waals surface area contributed by atoms with Gasteiger partial charge in [0.25, 0.3) is 0 Å². The monoisotopic (exact) mass is 284 g/mol. The molecule has 8 heteroatoms. The maximum atomic E-state index is 9.94. The molecular weight excluding hydrogens is 260 g/mol. The van der Waals surface area contributed by atoms with Crippen molar-refractivity contribution in [1.29, 1.82) is 0 Å². The molecule has 0 spiro atoms. The van der Waals surface area contributed by atoms with Crippen LogP contribution in [0.5, 0.6) is 6.01 Å². The summed E-state index contributed by atoms with van der Waals surface area (Å²) >= 11 is 0. The van der Waals surface area contributed by atoms with E-state index >= 15 is 0 Å². The summed E-state index contributed by atoms with van der Waals surface area (Å²) in [5, 5.41) is 9.94. The molecule has 4 N–H and O–H groups in total. The smallest absolute Gasteiger partial charge is 0.323 e. The molecule has 0 atom stereocenters. The number of anilines is 2. The summed E-state index contributed by atoms with van der Waals surface area (Å²) in [6, 6.07) is 0.201. The fourth-order valence-electron chi connectivity index (χ4n) is 1.61. The Morgan fingerprint density at radius 2 is 2.00 bits per heavy atom. The van der Waals surface area contributed by atoms with Crippen molar-refractivity contribution in [2.24, 2.45) is 5.84 Å². The van der Waals surface area contributed by atoms with Gasteiger partial charge in [-0.1, -0.05) is 0 Å². The molecule has 1 heterocycles. The van der Waals surface area contributed by atoms with E-state index in [9.17, 15) is 5.11 Å². The van der Waals surface area contributed by atoms with Gasteiger partial charge in [-0.25, -0.2) is 5.84 Å². The lowest BCUT2D eigenvalue weighted by molar-refractivity contribution is 0.0871. The minimum Gasteiger partial charge on any atom is -0.461 e. The highest BCUT2D eigenvalue weighted by Crippen LogP contribution is 2.17. The van der Waals surface area contributed by atoms with Crippen LogP contribution in [-0.4, -0.2) is 44.9 Å². The Bertz CT molecular complexity index is 432. The van der Waals surface area contributed by atoms with Gasteiger partial charge in [0.2, 0.25) is 11.9 Å². The molecule has 0 radical (unpaired) electrons. The van der Waals surface area contributed by atoms with E-state index in [1.165, 1.54) is 0 Å². The number of nitrogens with two attached hydrogens (primary N) is 1. The number of hydrazine groups is 1. The van der Waals surface area contributed by atoms with Crippen molar-refractivity contribution < 1.29 is 9.84 Å². The van der Waals surface area contributed by atoms with Crippen LogP contribution in [0.25, 0.3) is 0 Å². The molecule has 114 valence electrons. The van der Waals surface area contributed by atoms with Crippen LogP contribution < -0.4 is 20.9 Å². The number of hydrogen-bond acceptors (Lipinski definition) is 8. The van der Waals surface area contributed by atoms with Crippen LogP contribution in [0.4, 0.5) is 11.9 Å². The zero-order valence-corrected chi connectivity index (χ0v) is 12.7. The van der Waals surface area contributed by atoms with Gasteiger partial charge in [-0.3, -0.25) is 5.43 Å². The standard InChI is InChI=1S/C12H24N6O2/c1-6-18(7-12(4,5)19)10-14-9(17-13)15-11(16-10)20-8(2)3/h8,19H,6-7,13H2,1-5H3,(H,14,15,16,17). The summed E-state index contributed by atoms with van der Waals surface area (Å²) in [7, 11) is 0. The molecule has 0 fully saturated rings. The van der Waals surface area contributed by atoms with Crippen LogP contribution in [0.1, 0.15) is 34.6 Å². The lowest BCUT2D eigenvalue weighted by Gasteiger charge is -2.28. The lowest BCUT2D eigenvalue weighted by Crippen LogP contribution is -2.39. The average Bonchev–Trinajstić information content (AvgIpc) is 2.33. The molecule has 0 unspecified atom stereocenters. The molecule has 8 nitrogen and oxygen atoms in total. The fraction of sp³-hybridized carbons (Fsp3) is 0.750. The number of nitrogen functional groups attached to an aromatic ring is 1. The summed E-state index contributed by atoms with van der Waals surface area (Å²) in [6.07, 6.45) is -0.0553. The van der Waals surface area contributed by atoms with Crippen molar-refractivity contribution in [2.75, 3.05) is 23.4 Å². The summed E-state index contributed by atoms with van der Waals surface area (Å²) in [4.78, 5) is 14.3. The van der Waals surface area contributed by atoms with E-state index in [4.69, 9.17) is 10.6 Å². The first kappa shape index (κ1) is 16.4. The Kier molecular flexibility index (Phi) is 5.46. The number of aliphatic hydroxyl groups is 1. The SMILES string of the molecule is CCN(CC(C)(C)O)c1nc(NN)nc(OC(C)C)n1. The molecule has 0 aliphatic carbocycles. The maximum absolute atomic E-state index is 9.94. The molecule has 0 aliphatic heterocycles. The first-order chi connectivity index (χ1) is 9.25. The van der Waals surface area contributed by atoms with Crippen molar-refractivity contribution in [2.45, 2.75) is 46.3 Å². The van der Waals surface area contributed by atoms with E-state index in [2.05, 4.69) is 20.4 Å². The molecule has 0 saturated carbocycles. The highest BCUT2D eigenvalue weighted by Gasteiger charge is 2.21. The highest BCUT2D eigenvalue weighted by atomic mass is 16.5. The molecule has 1 aromatic heterocycles. The molecule has 0 amide bonds. The van der Waals surface area contributed by atoms with Crippen LogP contribution in [0.15, 0.2) is 0 Å². The third-order valence-corrected chi connectivity index (χ3v) is 2.32. The van der Waals surface area contributed by atoms with Gasteiger partial charge >= 0.3 is 6.01 Å². The Balaban J connectivity index is 3.07. The quantitative estimate of drug-likeness (QED) is 0.491. The summed E-state index contributed by atoms with van der Waals surface area (Å²) in [5.74, 6) is 5.99. The first-order valence-corrected chi connectivity index (χ1v) is 6.62. The molecule has 0 bridgehead atoms. The number of ether oxygens (including phenoxy) is 1. The van der Waals surface area contributed by atoms with E-state index in [1.54, 1.807) is 13.8 Å². The highest BCUT2D eigenvalue weighted by molar-refractivity contribution is 5.38. The van der Waals surface area contributed by atoms with Gasteiger partial charge in [-0.2, -0.15) is 15.0 Å². The van der Waals surface area contributed by atoms with Gasteiger partial charge in [-0.15, -0.1) is 0 Å². The Morgan fingerprint density at radius 1 is 1.35 bits per heavy atom. The van der Waals surface area contributed by atoms with Gasteiger partial charge in [-0.05, 0) is 34.6 Å². The number of aromatic nitrogens is 3. The molecule has 0 saturated heterocycles. The third-order valence-electron chi connectivity index (χ3n) is 2.32. The Labute approximate surface area is 119 Å².